The molecule has 0 atom stereocenters. The summed E-state index contributed by atoms with van der Waals surface area (Å²) in [6.07, 6.45) is 4.56. The molecule has 2 rings (SSSR count). The van der Waals surface area contributed by atoms with E-state index in [1.807, 2.05) is 17.8 Å². The van der Waals surface area contributed by atoms with Gasteiger partial charge in [-0.3, -0.25) is 4.79 Å². The monoisotopic (exact) mass is 261 g/mol. The van der Waals surface area contributed by atoms with Gasteiger partial charge in [-0.05, 0) is 17.7 Å². The van der Waals surface area contributed by atoms with Gasteiger partial charge < -0.3 is 9.88 Å². The number of carbonyl (C=O) groups excluding carboxylic acids is 1. The van der Waals surface area contributed by atoms with Crippen LogP contribution < -0.4 is 5.32 Å². The highest BCUT2D eigenvalue weighted by molar-refractivity contribution is 5.78. The van der Waals surface area contributed by atoms with Crippen LogP contribution in [0.4, 0.5) is 4.39 Å². The summed E-state index contributed by atoms with van der Waals surface area (Å²) < 4.78 is 14.6. The first-order chi connectivity index (χ1) is 9.15. The van der Waals surface area contributed by atoms with Crippen LogP contribution in [0.3, 0.4) is 0 Å². The van der Waals surface area contributed by atoms with Gasteiger partial charge in [0.15, 0.2) is 0 Å². The van der Waals surface area contributed by atoms with Gasteiger partial charge >= 0.3 is 0 Å². The maximum absolute atomic E-state index is 12.7. The first kappa shape index (κ1) is 13.3. The molecule has 0 unspecified atom stereocenters. The van der Waals surface area contributed by atoms with Gasteiger partial charge in [-0.15, -0.1) is 0 Å². The molecule has 1 aromatic carbocycles. The van der Waals surface area contributed by atoms with E-state index in [9.17, 15) is 9.18 Å². The Morgan fingerprint density at radius 1 is 1.37 bits per heavy atom. The zero-order valence-electron chi connectivity index (χ0n) is 10.8. The quantitative estimate of drug-likeness (QED) is 0.885. The standard InChI is InChI=1S/C14H16FN3O/c1-18-9-8-16-13(18)6-7-17-14(19)10-11-2-4-12(15)5-3-11/h2-5,8-9H,6-7,10H2,1H3,(H,17,19). The summed E-state index contributed by atoms with van der Waals surface area (Å²) in [6, 6.07) is 5.95. The predicted octanol–water partition coefficient (Wildman–Crippen LogP) is 1.46. The molecule has 1 heterocycles. The van der Waals surface area contributed by atoms with E-state index in [0.29, 0.717) is 13.0 Å². The number of imidazole rings is 1. The molecule has 100 valence electrons. The van der Waals surface area contributed by atoms with Crippen LogP contribution >= 0.6 is 0 Å². The molecule has 2 aromatic rings. The van der Waals surface area contributed by atoms with Gasteiger partial charge in [0.2, 0.25) is 5.91 Å². The number of hydrogen-bond acceptors (Lipinski definition) is 2. The van der Waals surface area contributed by atoms with Crippen molar-refractivity contribution in [2.45, 2.75) is 12.8 Å². The smallest absolute Gasteiger partial charge is 0.224 e. The second-order valence-electron chi connectivity index (χ2n) is 4.36. The number of rotatable bonds is 5. The molecule has 1 amide bonds. The summed E-state index contributed by atoms with van der Waals surface area (Å²) in [5, 5.41) is 2.83. The van der Waals surface area contributed by atoms with E-state index in [2.05, 4.69) is 10.3 Å². The van der Waals surface area contributed by atoms with Crippen molar-refractivity contribution in [2.24, 2.45) is 7.05 Å². The number of hydrogen-bond donors (Lipinski definition) is 1. The van der Waals surface area contributed by atoms with Crippen LogP contribution in [0.1, 0.15) is 11.4 Å². The second-order valence-corrected chi connectivity index (χ2v) is 4.36. The van der Waals surface area contributed by atoms with Crippen LogP contribution in [-0.2, 0) is 24.7 Å². The third kappa shape index (κ3) is 3.91. The number of halogens is 1. The summed E-state index contributed by atoms with van der Waals surface area (Å²) in [7, 11) is 1.92. The average Bonchev–Trinajstić information content (AvgIpc) is 2.78. The minimum Gasteiger partial charge on any atom is -0.355 e. The van der Waals surface area contributed by atoms with Crippen LogP contribution in [0.15, 0.2) is 36.7 Å². The highest BCUT2D eigenvalue weighted by atomic mass is 19.1. The van der Waals surface area contributed by atoms with E-state index in [1.54, 1.807) is 18.3 Å². The van der Waals surface area contributed by atoms with Gasteiger partial charge in [0.1, 0.15) is 11.6 Å². The summed E-state index contributed by atoms with van der Waals surface area (Å²) in [5.74, 6) is 0.571. The predicted molar refractivity (Wildman–Crippen MR) is 70.0 cm³/mol. The Labute approximate surface area is 111 Å². The molecule has 1 aromatic heterocycles. The van der Waals surface area contributed by atoms with Crippen LogP contribution in [0, 0.1) is 5.82 Å². The summed E-state index contributed by atoms with van der Waals surface area (Å²) >= 11 is 0. The molecule has 0 spiro atoms. The van der Waals surface area contributed by atoms with Crippen molar-refractivity contribution in [3.05, 3.63) is 53.9 Å². The molecule has 5 heteroatoms. The molecule has 0 aliphatic rings. The molecule has 0 saturated carbocycles. The molecule has 19 heavy (non-hydrogen) atoms. The van der Waals surface area contributed by atoms with E-state index < -0.39 is 0 Å². The maximum Gasteiger partial charge on any atom is 0.224 e. The van der Waals surface area contributed by atoms with Crippen LogP contribution in [-0.4, -0.2) is 22.0 Å². The molecule has 0 aliphatic heterocycles. The highest BCUT2D eigenvalue weighted by Gasteiger charge is 2.04. The van der Waals surface area contributed by atoms with Gasteiger partial charge in [0.25, 0.3) is 0 Å². The first-order valence-corrected chi connectivity index (χ1v) is 6.12. The Bertz CT molecular complexity index is 548. The molecule has 1 N–H and O–H groups in total. The number of amides is 1. The van der Waals surface area contributed by atoms with E-state index >= 15 is 0 Å². The topological polar surface area (TPSA) is 46.9 Å². The van der Waals surface area contributed by atoms with E-state index in [-0.39, 0.29) is 18.1 Å². The molecule has 0 radical (unpaired) electrons. The number of nitrogens with zero attached hydrogens (tertiary/aromatic N) is 2. The van der Waals surface area contributed by atoms with Crippen LogP contribution in [0.2, 0.25) is 0 Å². The number of benzene rings is 1. The summed E-state index contributed by atoms with van der Waals surface area (Å²) in [6.45, 7) is 0.547. The minimum atomic E-state index is -0.293. The largest absolute Gasteiger partial charge is 0.355 e. The molecule has 0 bridgehead atoms. The van der Waals surface area contributed by atoms with E-state index in [1.165, 1.54) is 12.1 Å². The summed E-state index contributed by atoms with van der Waals surface area (Å²) in [4.78, 5) is 15.9. The Balaban J connectivity index is 1.76. The molecule has 4 nitrogen and oxygen atoms in total. The van der Waals surface area contributed by atoms with Crippen molar-refractivity contribution in [1.82, 2.24) is 14.9 Å². The average molecular weight is 261 g/mol. The van der Waals surface area contributed by atoms with Crippen molar-refractivity contribution < 1.29 is 9.18 Å². The Kier molecular flexibility index (Phi) is 4.28. The first-order valence-electron chi connectivity index (χ1n) is 6.12. The van der Waals surface area contributed by atoms with Crippen molar-refractivity contribution in [3.8, 4) is 0 Å². The maximum atomic E-state index is 12.7. The third-order valence-electron chi connectivity index (χ3n) is 2.87. The molecule has 0 fully saturated rings. The Morgan fingerprint density at radius 2 is 2.11 bits per heavy atom. The molecular formula is C14H16FN3O. The van der Waals surface area contributed by atoms with Gasteiger partial charge in [0, 0.05) is 32.4 Å². The van der Waals surface area contributed by atoms with Gasteiger partial charge in [-0.2, -0.15) is 0 Å². The van der Waals surface area contributed by atoms with Crippen LogP contribution in [0.25, 0.3) is 0 Å². The van der Waals surface area contributed by atoms with Crippen LogP contribution in [0.5, 0.6) is 0 Å². The highest BCUT2D eigenvalue weighted by Crippen LogP contribution is 2.03. The summed E-state index contributed by atoms with van der Waals surface area (Å²) in [5.41, 5.74) is 0.802. The van der Waals surface area contributed by atoms with Crippen molar-refractivity contribution >= 4 is 5.91 Å². The lowest BCUT2D eigenvalue weighted by Crippen LogP contribution is -2.27. The fraction of sp³-hybridized carbons (Fsp3) is 0.286. The molecular weight excluding hydrogens is 245 g/mol. The second kappa shape index (κ2) is 6.13. The van der Waals surface area contributed by atoms with Crippen molar-refractivity contribution in [2.75, 3.05) is 6.54 Å². The Morgan fingerprint density at radius 3 is 2.74 bits per heavy atom. The fourth-order valence-electron chi connectivity index (χ4n) is 1.80. The van der Waals surface area contributed by atoms with Crippen molar-refractivity contribution in [3.63, 3.8) is 0 Å². The number of carbonyl (C=O) groups is 1. The van der Waals surface area contributed by atoms with E-state index in [0.717, 1.165) is 11.4 Å². The van der Waals surface area contributed by atoms with Gasteiger partial charge in [0.05, 0.1) is 6.42 Å². The lowest BCUT2D eigenvalue weighted by atomic mass is 10.1. The fourth-order valence-corrected chi connectivity index (χ4v) is 1.80. The lowest BCUT2D eigenvalue weighted by Gasteiger charge is -2.05. The lowest BCUT2D eigenvalue weighted by molar-refractivity contribution is -0.120. The van der Waals surface area contributed by atoms with Gasteiger partial charge in [-0.25, -0.2) is 9.37 Å². The minimum absolute atomic E-state index is 0.0687. The van der Waals surface area contributed by atoms with Crippen molar-refractivity contribution in [1.29, 1.82) is 0 Å². The zero-order chi connectivity index (χ0) is 13.7. The van der Waals surface area contributed by atoms with E-state index in [4.69, 9.17) is 0 Å². The molecule has 0 saturated heterocycles. The number of aromatic nitrogens is 2. The SMILES string of the molecule is Cn1ccnc1CCNC(=O)Cc1ccc(F)cc1. The number of nitrogens with one attached hydrogen (secondary N) is 1. The normalized spacial score (nSPS) is 10.4. The zero-order valence-corrected chi connectivity index (χ0v) is 10.8. The molecule has 0 aliphatic carbocycles. The third-order valence-corrected chi connectivity index (χ3v) is 2.87. The number of aryl methyl sites for hydroxylation is 1. The van der Waals surface area contributed by atoms with Gasteiger partial charge in [-0.1, -0.05) is 12.1 Å². The Hall–Kier alpha value is -2.17.